The lowest BCUT2D eigenvalue weighted by Crippen LogP contribution is -2.33. The number of benzene rings is 1. The van der Waals surface area contributed by atoms with Gasteiger partial charge in [0, 0.05) is 12.7 Å². The first-order chi connectivity index (χ1) is 14.5. The predicted molar refractivity (Wildman–Crippen MR) is 112 cm³/mol. The second kappa shape index (κ2) is 7.10. The van der Waals surface area contributed by atoms with Crippen LogP contribution < -0.4 is 16.2 Å². The van der Waals surface area contributed by atoms with E-state index in [9.17, 15) is 9.18 Å². The summed E-state index contributed by atoms with van der Waals surface area (Å²) in [5, 5.41) is 5.02. The molecule has 5 rings (SSSR count). The summed E-state index contributed by atoms with van der Waals surface area (Å²) in [6, 6.07) is 10.4. The molecular weight excluding hydrogens is 409 g/mol. The van der Waals surface area contributed by atoms with E-state index in [0.29, 0.717) is 29.5 Å². The van der Waals surface area contributed by atoms with Crippen molar-refractivity contribution in [1.82, 2.24) is 24.1 Å². The van der Waals surface area contributed by atoms with E-state index in [4.69, 9.17) is 22.4 Å². The van der Waals surface area contributed by atoms with Crippen molar-refractivity contribution >= 4 is 28.9 Å². The summed E-state index contributed by atoms with van der Waals surface area (Å²) in [5.74, 6) is -0.0163. The van der Waals surface area contributed by atoms with Crippen molar-refractivity contribution in [2.75, 3.05) is 17.2 Å². The van der Waals surface area contributed by atoms with Gasteiger partial charge in [-0.2, -0.15) is 10.1 Å². The van der Waals surface area contributed by atoms with Crippen molar-refractivity contribution in [2.24, 2.45) is 0 Å². The normalized spacial score (nSPS) is 16.5. The first kappa shape index (κ1) is 18.6. The molecule has 152 valence electrons. The van der Waals surface area contributed by atoms with Gasteiger partial charge in [-0.3, -0.25) is 9.36 Å². The van der Waals surface area contributed by atoms with Gasteiger partial charge >= 0.3 is 0 Å². The van der Waals surface area contributed by atoms with Crippen LogP contribution in [0.2, 0.25) is 5.02 Å². The summed E-state index contributed by atoms with van der Waals surface area (Å²) in [6.45, 7) is 0.549. The molecule has 1 saturated heterocycles. The van der Waals surface area contributed by atoms with Crippen molar-refractivity contribution in [3.63, 3.8) is 0 Å². The average molecular weight is 426 g/mol. The first-order valence-corrected chi connectivity index (χ1v) is 9.82. The molecule has 0 bridgehead atoms. The topological polar surface area (TPSA) is 94.3 Å². The number of nitrogens with two attached hydrogens (primary N) is 1. The van der Waals surface area contributed by atoms with Crippen LogP contribution in [0.4, 0.5) is 16.2 Å². The number of nitrogens with zero attached hydrogens (tertiary/aromatic N) is 6. The predicted octanol–water partition coefficient (Wildman–Crippen LogP) is 2.99. The smallest absolute Gasteiger partial charge is 0.284 e. The molecule has 1 aliphatic heterocycles. The van der Waals surface area contributed by atoms with Gasteiger partial charge in [0.15, 0.2) is 17.5 Å². The number of fused-ring (bicyclic) bond motifs is 1. The summed E-state index contributed by atoms with van der Waals surface area (Å²) in [6.07, 6.45) is 4.15. The molecule has 10 heteroatoms. The standard InChI is InChI=1S/C20H17ClFN7O/c21-13-8-10-28-16(13)19(30)29(12-5-2-1-3-6-12)18(26-28)15-7-4-9-27(15)17-14(22)11-24-20(23)25-17/h1-3,5-6,8,10-11,15H,4,7,9H2,(H2,23,24,25)/t15-/m0/s1. The third kappa shape index (κ3) is 2.89. The summed E-state index contributed by atoms with van der Waals surface area (Å²) in [5.41, 5.74) is 6.34. The lowest BCUT2D eigenvalue weighted by Gasteiger charge is -2.27. The van der Waals surface area contributed by atoms with Crippen molar-refractivity contribution in [1.29, 1.82) is 0 Å². The molecule has 0 saturated carbocycles. The first-order valence-electron chi connectivity index (χ1n) is 9.44. The van der Waals surface area contributed by atoms with Crippen molar-refractivity contribution in [3.8, 4) is 5.69 Å². The Labute approximate surface area is 175 Å². The maximum absolute atomic E-state index is 14.5. The van der Waals surface area contributed by atoms with Crippen LogP contribution >= 0.6 is 11.6 Å². The lowest BCUT2D eigenvalue weighted by molar-refractivity contribution is 0.570. The maximum atomic E-state index is 14.5. The minimum Gasteiger partial charge on any atom is -0.368 e. The molecule has 0 amide bonds. The second-order valence-electron chi connectivity index (χ2n) is 7.04. The third-order valence-electron chi connectivity index (χ3n) is 5.24. The Morgan fingerprint density at radius 2 is 2.00 bits per heavy atom. The summed E-state index contributed by atoms with van der Waals surface area (Å²) in [7, 11) is 0. The summed E-state index contributed by atoms with van der Waals surface area (Å²) >= 11 is 6.25. The number of hydrogen-bond acceptors (Lipinski definition) is 6. The Hall–Kier alpha value is -3.46. The van der Waals surface area contributed by atoms with Crippen LogP contribution in [-0.2, 0) is 0 Å². The van der Waals surface area contributed by atoms with Gasteiger partial charge in [-0.15, -0.1) is 0 Å². The zero-order valence-electron chi connectivity index (χ0n) is 15.7. The van der Waals surface area contributed by atoms with Crippen molar-refractivity contribution in [3.05, 3.63) is 75.8 Å². The number of hydrogen-bond donors (Lipinski definition) is 1. The van der Waals surface area contributed by atoms with E-state index >= 15 is 0 Å². The quantitative estimate of drug-likeness (QED) is 0.542. The van der Waals surface area contributed by atoms with Crippen LogP contribution in [0.1, 0.15) is 24.7 Å². The molecule has 3 aromatic heterocycles. The molecule has 8 nitrogen and oxygen atoms in total. The van der Waals surface area contributed by atoms with Crippen LogP contribution in [0, 0.1) is 5.82 Å². The van der Waals surface area contributed by atoms with Crippen molar-refractivity contribution < 1.29 is 4.39 Å². The zero-order chi connectivity index (χ0) is 20.8. The zero-order valence-corrected chi connectivity index (χ0v) is 16.5. The fourth-order valence-corrected chi connectivity index (χ4v) is 4.17. The molecule has 0 radical (unpaired) electrons. The largest absolute Gasteiger partial charge is 0.368 e. The molecule has 1 atom stereocenters. The van der Waals surface area contributed by atoms with Gasteiger partial charge in [-0.1, -0.05) is 29.8 Å². The number of para-hydroxylation sites is 1. The highest BCUT2D eigenvalue weighted by molar-refractivity contribution is 6.33. The Kier molecular flexibility index (Phi) is 4.39. The van der Waals surface area contributed by atoms with E-state index in [1.54, 1.807) is 17.2 Å². The van der Waals surface area contributed by atoms with E-state index in [0.717, 1.165) is 12.6 Å². The van der Waals surface area contributed by atoms with Gasteiger partial charge in [0.25, 0.3) is 5.56 Å². The van der Waals surface area contributed by atoms with E-state index in [-0.39, 0.29) is 28.9 Å². The summed E-state index contributed by atoms with van der Waals surface area (Å²) < 4.78 is 17.5. The van der Waals surface area contributed by atoms with E-state index in [1.165, 1.54) is 9.08 Å². The number of anilines is 2. The molecular formula is C20H17ClFN7O. The van der Waals surface area contributed by atoms with Crippen LogP contribution in [0.3, 0.4) is 0 Å². The molecule has 0 spiro atoms. The van der Waals surface area contributed by atoms with E-state index < -0.39 is 5.82 Å². The van der Waals surface area contributed by atoms with Gasteiger partial charge in [0.1, 0.15) is 5.52 Å². The lowest BCUT2D eigenvalue weighted by atomic mass is 10.2. The molecule has 4 heterocycles. The van der Waals surface area contributed by atoms with Crippen LogP contribution in [0.25, 0.3) is 11.2 Å². The Bertz CT molecular complexity index is 1300. The number of rotatable bonds is 3. The fourth-order valence-electron chi connectivity index (χ4n) is 3.95. The molecule has 1 fully saturated rings. The molecule has 0 aliphatic carbocycles. The van der Waals surface area contributed by atoms with E-state index in [1.807, 2.05) is 30.3 Å². The van der Waals surface area contributed by atoms with Gasteiger partial charge < -0.3 is 10.6 Å². The summed E-state index contributed by atoms with van der Waals surface area (Å²) in [4.78, 5) is 23.0. The molecule has 1 aromatic carbocycles. The number of aromatic nitrogens is 5. The molecule has 4 aromatic rings. The SMILES string of the molecule is Nc1ncc(F)c(N2CCC[C@H]2c2nn3ccc(Cl)c3c(=O)n2-c2ccccc2)n1. The maximum Gasteiger partial charge on any atom is 0.284 e. The highest BCUT2D eigenvalue weighted by atomic mass is 35.5. The van der Waals surface area contributed by atoms with Gasteiger partial charge in [0.05, 0.1) is 22.9 Å². The van der Waals surface area contributed by atoms with Crippen LogP contribution in [-0.4, -0.2) is 30.7 Å². The Balaban J connectivity index is 1.75. The number of halogens is 2. The monoisotopic (exact) mass is 425 g/mol. The second-order valence-corrected chi connectivity index (χ2v) is 7.45. The van der Waals surface area contributed by atoms with Gasteiger partial charge in [-0.05, 0) is 31.0 Å². The van der Waals surface area contributed by atoms with Crippen LogP contribution in [0.15, 0.2) is 53.6 Å². The Morgan fingerprint density at radius 3 is 2.80 bits per heavy atom. The fraction of sp³-hybridized carbons (Fsp3) is 0.200. The van der Waals surface area contributed by atoms with Crippen molar-refractivity contribution in [2.45, 2.75) is 18.9 Å². The Morgan fingerprint density at radius 1 is 1.20 bits per heavy atom. The minimum absolute atomic E-state index is 0.0156. The van der Waals surface area contributed by atoms with Crippen LogP contribution in [0.5, 0.6) is 0 Å². The van der Waals surface area contributed by atoms with Gasteiger partial charge in [0.2, 0.25) is 5.95 Å². The highest BCUT2D eigenvalue weighted by Crippen LogP contribution is 2.36. The van der Waals surface area contributed by atoms with E-state index in [2.05, 4.69) is 9.97 Å². The minimum atomic E-state index is -0.574. The average Bonchev–Trinajstić information content (AvgIpc) is 3.37. The molecule has 30 heavy (non-hydrogen) atoms. The third-order valence-corrected chi connectivity index (χ3v) is 5.55. The molecule has 0 unspecified atom stereocenters. The van der Waals surface area contributed by atoms with Gasteiger partial charge in [-0.25, -0.2) is 13.9 Å². The number of nitrogen functional groups attached to an aromatic ring is 1. The highest BCUT2D eigenvalue weighted by Gasteiger charge is 2.34. The molecule has 2 N–H and O–H groups in total. The molecule has 1 aliphatic rings.